The number of carbonyl (C=O) groups excluding carboxylic acids is 4. The summed E-state index contributed by atoms with van der Waals surface area (Å²) in [6, 6.07) is -0.582. The van der Waals surface area contributed by atoms with Crippen LogP contribution in [0.1, 0.15) is 52.9 Å². The lowest BCUT2D eigenvalue weighted by atomic mass is 10.1. The highest BCUT2D eigenvalue weighted by atomic mass is 32.2. The molecule has 182 valence electrons. The number of rotatable bonds is 9. The third-order valence-electron chi connectivity index (χ3n) is 5.02. The van der Waals surface area contributed by atoms with Gasteiger partial charge in [0.15, 0.2) is 0 Å². The van der Waals surface area contributed by atoms with Crippen LogP contribution in [0, 0.1) is 0 Å². The second-order valence-corrected chi connectivity index (χ2v) is 12.1. The second-order valence-electron chi connectivity index (χ2n) is 8.84. The molecular formula is C20H34N4O6S2. The van der Waals surface area contributed by atoms with E-state index in [0.717, 1.165) is 17.9 Å². The molecule has 0 bridgehead atoms. The van der Waals surface area contributed by atoms with Gasteiger partial charge in [-0.15, -0.1) is 23.5 Å². The number of alkyl carbamates (subject to hydrolysis) is 1. The maximum Gasteiger partial charge on any atom is 0.408 e. The number of hydrogen-bond acceptors (Lipinski definition) is 8. The van der Waals surface area contributed by atoms with Crippen molar-refractivity contribution in [3.05, 3.63) is 0 Å². The Hall–Kier alpha value is -1.66. The van der Waals surface area contributed by atoms with Crippen molar-refractivity contribution in [2.24, 2.45) is 0 Å². The molecule has 2 rings (SSSR count). The topological polar surface area (TPSA) is 137 Å². The van der Waals surface area contributed by atoms with E-state index in [2.05, 4.69) is 10.6 Å². The van der Waals surface area contributed by atoms with Crippen LogP contribution in [0.2, 0.25) is 0 Å². The van der Waals surface area contributed by atoms with Gasteiger partial charge in [-0.05, 0) is 33.6 Å². The van der Waals surface area contributed by atoms with Crippen LogP contribution in [-0.4, -0.2) is 80.8 Å². The monoisotopic (exact) mass is 490 g/mol. The summed E-state index contributed by atoms with van der Waals surface area (Å²) < 4.78 is 5.00. The van der Waals surface area contributed by atoms with E-state index in [-0.39, 0.29) is 28.9 Å². The van der Waals surface area contributed by atoms with Crippen LogP contribution in [-0.2, 0) is 19.1 Å². The van der Waals surface area contributed by atoms with Crippen molar-refractivity contribution < 1.29 is 29.1 Å². The van der Waals surface area contributed by atoms with Crippen molar-refractivity contribution in [2.75, 3.05) is 31.1 Å². The van der Waals surface area contributed by atoms with Gasteiger partial charge in [-0.3, -0.25) is 19.6 Å². The Labute approximate surface area is 197 Å². The van der Waals surface area contributed by atoms with E-state index >= 15 is 0 Å². The van der Waals surface area contributed by atoms with Gasteiger partial charge in [0.2, 0.25) is 17.7 Å². The lowest BCUT2D eigenvalue weighted by Gasteiger charge is -2.25. The van der Waals surface area contributed by atoms with Crippen LogP contribution in [0.15, 0.2) is 0 Å². The van der Waals surface area contributed by atoms with Crippen LogP contribution in [0.5, 0.6) is 0 Å². The zero-order chi connectivity index (χ0) is 23.8. The molecular weight excluding hydrogens is 456 g/mol. The Morgan fingerprint density at radius 2 is 1.78 bits per heavy atom. The van der Waals surface area contributed by atoms with Gasteiger partial charge in [-0.2, -0.15) is 0 Å². The number of hydrogen-bond donors (Lipinski definition) is 4. The third-order valence-corrected chi connectivity index (χ3v) is 8.44. The first-order valence-electron chi connectivity index (χ1n) is 10.8. The number of ether oxygens (including phenoxy) is 1. The van der Waals surface area contributed by atoms with Gasteiger partial charge < -0.3 is 20.3 Å². The minimum Gasteiger partial charge on any atom is -0.444 e. The predicted octanol–water partition coefficient (Wildman–Crippen LogP) is 1.47. The number of amides is 4. The first-order valence-corrected chi connectivity index (χ1v) is 12.8. The van der Waals surface area contributed by atoms with E-state index in [9.17, 15) is 19.2 Å². The first kappa shape index (κ1) is 26.6. The van der Waals surface area contributed by atoms with E-state index in [1.54, 1.807) is 54.7 Å². The first-order chi connectivity index (χ1) is 15.1. The second kappa shape index (κ2) is 12.0. The molecule has 0 aromatic rings. The van der Waals surface area contributed by atoms with Crippen LogP contribution in [0.3, 0.4) is 0 Å². The molecule has 0 aromatic carbocycles. The molecule has 4 N–H and O–H groups in total. The standard InChI is InChI=1S/C20H34N4O6S2/c1-19(2,3)30-18(28)22-12-16(26)24-13-20(31-9-10-32-20)11-14(24)17(27)21-8-6-4-5-7-15(25)23-29/h14,29H,4-13H2,1-3H3,(H,21,27)(H,22,28)(H,23,25)/t14-/m0/s1. The lowest BCUT2D eigenvalue weighted by Crippen LogP contribution is -2.49. The van der Waals surface area contributed by atoms with Crippen molar-refractivity contribution in [3.8, 4) is 0 Å². The third kappa shape index (κ3) is 8.36. The summed E-state index contributed by atoms with van der Waals surface area (Å²) in [6.45, 7) is 5.92. The molecule has 12 heteroatoms. The molecule has 1 spiro atoms. The molecule has 2 fully saturated rings. The van der Waals surface area contributed by atoms with E-state index < -0.39 is 23.6 Å². The fourth-order valence-electron chi connectivity index (χ4n) is 3.58. The predicted molar refractivity (Wildman–Crippen MR) is 123 cm³/mol. The summed E-state index contributed by atoms with van der Waals surface area (Å²) >= 11 is 3.57. The fourth-order valence-corrected chi connectivity index (χ4v) is 6.83. The smallest absolute Gasteiger partial charge is 0.408 e. The fraction of sp³-hybridized carbons (Fsp3) is 0.800. The molecule has 0 aromatic heterocycles. The number of nitrogens with zero attached hydrogens (tertiary/aromatic N) is 1. The maximum absolute atomic E-state index is 12.9. The number of hydroxylamine groups is 1. The highest BCUT2D eigenvalue weighted by Gasteiger charge is 2.51. The van der Waals surface area contributed by atoms with E-state index in [1.807, 2.05) is 0 Å². The molecule has 1 atom stereocenters. The minimum atomic E-state index is -0.666. The lowest BCUT2D eigenvalue weighted by molar-refractivity contribution is -0.137. The molecule has 2 aliphatic heterocycles. The van der Waals surface area contributed by atoms with Gasteiger partial charge in [0.1, 0.15) is 18.2 Å². The summed E-state index contributed by atoms with van der Waals surface area (Å²) in [6.07, 6.45) is 2.18. The average molecular weight is 491 g/mol. The molecule has 32 heavy (non-hydrogen) atoms. The van der Waals surface area contributed by atoms with Crippen LogP contribution < -0.4 is 16.1 Å². The van der Waals surface area contributed by atoms with Crippen molar-refractivity contribution in [1.82, 2.24) is 21.0 Å². The minimum absolute atomic E-state index is 0.179. The molecule has 2 heterocycles. The van der Waals surface area contributed by atoms with Gasteiger partial charge >= 0.3 is 6.09 Å². The van der Waals surface area contributed by atoms with Crippen LogP contribution >= 0.6 is 23.5 Å². The number of likely N-dealkylation sites (tertiary alicyclic amines) is 1. The Balaban J connectivity index is 1.86. The molecule has 2 saturated heterocycles. The average Bonchev–Trinajstić information content (AvgIpc) is 3.34. The Morgan fingerprint density at radius 3 is 2.41 bits per heavy atom. The molecule has 0 radical (unpaired) electrons. The number of carbonyl (C=O) groups is 4. The Morgan fingerprint density at radius 1 is 1.09 bits per heavy atom. The normalized spacial score (nSPS) is 19.6. The van der Waals surface area contributed by atoms with Crippen molar-refractivity contribution >= 4 is 47.3 Å². The molecule has 0 unspecified atom stereocenters. The maximum atomic E-state index is 12.9. The van der Waals surface area contributed by atoms with Crippen LogP contribution in [0.25, 0.3) is 0 Å². The van der Waals surface area contributed by atoms with Gasteiger partial charge in [0, 0.05) is 37.4 Å². The molecule has 4 amide bonds. The van der Waals surface area contributed by atoms with Crippen molar-refractivity contribution in [1.29, 1.82) is 0 Å². The SMILES string of the molecule is CC(C)(C)OC(=O)NCC(=O)N1CC2(C[C@H]1C(=O)NCCCCCC(=O)NO)SCCS2. The zero-order valence-electron chi connectivity index (χ0n) is 18.9. The zero-order valence-corrected chi connectivity index (χ0v) is 20.5. The molecule has 0 saturated carbocycles. The van der Waals surface area contributed by atoms with Crippen LogP contribution in [0.4, 0.5) is 4.79 Å². The van der Waals surface area contributed by atoms with Crippen molar-refractivity contribution in [3.63, 3.8) is 0 Å². The van der Waals surface area contributed by atoms with Gasteiger partial charge in [0.25, 0.3) is 0 Å². The Kier molecular flexibility index (Phi) is 9.96. The van der Waals surface area contributed by atoms with Crippen molar-refractivity contribution in [2.45, 2.75) is 68.6 Å². The summed E-state index contributed by atoms with van der Waals surface area (Å²) in [4.78, 5) is 50.2. The van der Waals surface area contributed by atoms with E-state index in [1.165, 1.54) is 0 Å². The highest BCUT2D eigenvalue weighted by molar-refractivity contribution is 8.21. The quantitative estimate of drug-likeness (QED) is 0.217. The summed E-state index contributed by atoms with van der Waals surface area (Å²) in [5, 5.41) is 13.9. The summed E-state index contributed by atoms with van der Waals surface area (Å²) in [5.41, 5.74) is 0.934. The van der Waals surface area contributed by atoms with Gasteiger partial charge in [0.05, 0.1) is 4.08 Å². The number of nitrogens with one attached hydrogen (secondary N) is 3. The largest absolute Gasteiger partial charge is 0.444 e. The van der Waals surface area contributed by atoms with Gasteiger partial charge in [-0.25, -0.2) is 10.3 Å². The van der Waals surface area contributed by atoms with E-state index in [4.69, 9.17) is 9.94 Å². The summed E-state index contributed by atoms with van der Waals surface area (Å²) in [5.74, 6) is 1.03. The van der Waals surface area contributed by atoms with E-state index in [0.29, 0.717) is 32.4 Å². The Bertz CT molecular complexity index is 694. The van der Waals surface area contributed by atoms with Gasteiger partial charge in [-0.1, -0.05) is 6.42 Å². The molecule has 0 aliphatic carbocycles. The molecule has 2 aliphatic rings. The highest BCUT2D eigenvalue weighted by Crippen LogP contribution is 2.51. The molecule has 10 nitrogen and oxygen atoms in total. The number of unbranched alkanes of at least 4 members (excludes halogenated alkanes) is 2. The summed E-state index contributed by atoms with van der Waals surface area (Å²) in [7, 11) is 0. The number of thioether (sulfide) groups is 2.